The maximum Gasteiger partial charge on any atom is 0.326 e. The van der Waals surface area contributed by atoms with Crippen molar-refractivity contribution in [2.45, 2.75) is 49.9 Å². The first-order valence-corrected chi connectivity index (χ1v) is 15.6. The summed E-state index contributed by atoms with van der Waals surface area (Å²) in [5.74, 6) is -2.44. The maximum atomic E-state index is 13.7. The van der Waals surface area contributed by atoms with Crippen LogP contribution >= 0.6 is 11.8 Å². The van der Waals surface area contributed by atoms with Gasteiger partial charge in [0, 0.05) is 41.8 Å². The number of nitrogens with one attached hydrogen (secondary N) is 5. The molecule has 13 heteroatoms. The van der Waals surface area contributed by atoms with Gasteiger partial charge >= 0.3 is 5.97 Å². The molecule has 0 radical (unpaired) electrons. The van der Waals surface area contributed by atoms with Crippen LogP contribution in [0.2, 0.25) is 0 Å². The Morgan fingerprint density at radius 3 is 2.20 bits per heavy atom. The smallest absolute Gasteiger partial charge is 0.326 e. The minimum Gasteiger partial charge on any atom is -0.480 e. The summed E-state index contributed by atoms with van der Waals surface area (Å²) in [7, 11) is 0. The second-order valence-electron chi connectivity index (χ2n) is 10.4. The number of para-hydroxylation sites is 1. The van der Waals surface area contributed by atoms with Crippen LogP contribution in [0.5, 0.6) is 0 Å². The van der Waals surface area contributed by atoms with E-state index in [0.29, 0.717) is 11.4 Å². The van der Waals surface area contributed by atoms with E-state index in [-0.39, 0.29) is 25.7 Å². The number of fused-ring (bicyclic) bond motifs is 1. The molecular weight excluding hydrogens is 582 g/mol. The lowest BCUT2D eigenvalue weighted by molar-refractivity contribution is -0.142. The van der Waals surface area contributed by atoms with Gasteiger partial charge in [0.25, 0.3) is 0 Å². The van der Waals surface area contributed by atoms with Crippen molar-refractivity contribution in [3.63, 3.8) is 0 Å². The zero-order valence-corrected chi connectivity index (χ0v) is 25.1. The normalized spacial score (nSPS) is 13.9. The summed E-state index contributed by atoms with van der Waals surface area (Å²) in [4.78, 5) is 62.3. The Morgan fingerprint density at radius 2 is 1.52 bits per heavy atom. The van der Waals surface area contributed by atoms with E-state index in [9.17, 15) is 24.3 Å². The predicted molar refractivity (Wildman–Crippen MR) is 169 cm³/mol. The first-order valence-electron chi connectivity index (χ1n) is 14.2. The number of nitrogens with two attached hydrogens (primary N) is 1. The van der Waals surface area contributed by atoms with Crippen LogP contribution < -0.4 is 21.7 Å². The molecule has 12 nitrogen and oxygen atoms in total. The zero-order chi connectivity index (χ0) is 31.5. The lowest BCUT2D eigenvalue weighted by Crippen LogP contribution is -2.58. The molecule has 8 N–H and O–H groups in total. The molecule has 3 amide bonds. The van der Waals surface area contributed by atoms with Crippen molar-refractivity contribution in [1.29, 1.82) is 0 Å². The molecule has 0 bridgehead atoms. The fraction of sp³-hybridized carbons (Fsp3) is 0.323. The molecule has 0 fully saturated rings. The Labute approximate surface area is 259 Å². The number of aromatic nitrogens is 3. The highest BCUT2D eigenvalue weighted by atomic mass is 32.2. The highest BCUT2D eigenvalue weighted by molar-refractivity contribution is 7.98. The number of benzene rings is 2. The average Bonchev–Trinajstić information content (AvgIpc) is 3.69. The van der Waals surface area contributed by atoms with Gasteiger partial charge in [0.1, 0.15) is 18.1 Å². The van der Waals surface area contributed by atoms with Gasteiger partial charge in [0.05, 0.1) is 12.4 Å². The van der Waals surface area contributed by atoms with Gasteiger partial charge < -0.3 is 36.8 Å². The van der Waals surface area contributed by atoms with E-state index in [1.165, 1.54) is 24.3 Å². The van der Waals surface area contributed by atoms with Crippen molar-refractivity contribution in [3.8, 4) is 0 Å². The SMILES string of the molecule is CSCCC(NC(=O)C(Cc1ccccc1)NC(=O)C(Cc1cnc[nH]1)NC(=O)C(N)Cc1c[nH]c2ccccc12)C(=O)O. The van der Waals surface area contributed by atoms with E-state index < -0.39 is 47.9 Å². The highest BCUT2D eigenvalue weighted by Gasteiger charge is 2.31. The monoisotopic (exact) mass is 619 g/mol. The van der Waals surface area contributed by atoms with Gasteiger partial charge in [0.2, 0.25) is 17.7 Å². The van der Waals surface area contributed by atoms with Crippen LogP contribution in [-0.2, 0) is 38.4 Å². The second kappa shape index (κ2) is 15.7. The topological polar surface area (TPSA) is 195 Å². The van der Waals surface area contributed by atoms with Crippen LogP contribution in [0.1, 0.15) is 23.2 Å². The Bertz CT molecular complexity index is 1540. The van der Waals surface area contributed by atoms with Crippen LogP contribution in [-0.4, -0.2) is 79.9 Å². The minimum atomic E-state index is -1.16. The zero-order valence-electron chi connectivity index (χ0n) is 24.3. The summed E-state index contributed by atoms with van der Waals surface area (Å²) in [6.07, 6.45) is 7.28. The predicted octanol–water partition coefficient (Wildman–Crippen LogP) is 1.54. The molecule has 0 aliphatic rings. The number of aromatic amines is 2. The quantitative estimate of drug-likeness (QED) is 0.0981. The van der Waals surface area contributed by atoms with Crippen LogP contribution in [0, 0.1) is 0 Å². The number of carbonyl (C=O) groups excluding carboxylic acids is 3. The molecule has 0 aliphatic carbocycles. The number of carboxylic acid groups (broad SMARTS) is 1. The van der Waals surface area contributed by atoms with E-state index in [1.807, 2.05) is 54.9 Å². The van der Waals surface area contributed by atoms with Gasteiger partial charge in [-0.2, -0.15) is 11.8 Å². The van der Waals surface area contributed by atoms with Crippen molar-refractivity contribution in [1.82, 2.24) is 30.9 Å². The van der Waals surface area contributed by atoms with Crippen molar-refractivity contribution in [2.75, 3.05) is 12.0 Å². The minimum absolute atomic E-state index is 0.0581. The third kappa shape index (κ3) is 8.94. The second-order valence-corrected chi connectivity index (χ2v) is 11.4. The molecule has 4 rings (SSSR count). The average molecular weight is 620 g/mol. The third-order valence-corrected chi connectivity index (χ3v) is 7.85. The first kappa shape index (κ1) is 32.3. The van der Waals surface area contributed by atoms with Crippen molar-refractivity contribution in [2.24, 2.45) is 5.73 Å². The fourth-order valence-corrected chi connectivity index (χ4v) is 5.30. The summed E-state index contributed by atoms with van der Waals surface area (Å²) >= 11 is 1.47. The van der Waals surface area contributed by atoms with Crippen LogP contribution in [0.25, 0.3) is 10.9 Å². The fourth-order valence-electron chi connectivity index (χ4n) is 4.83. The van der Waals surface area contributed by atoms with Crippen LogP contribution in [0.15, 0.2) is 73.3 Å². The molecule has 4 atom stereocenters. The number of aliphatic carboxylic acids is 1. The summed E-state index contributed by atoms with van der Waals surface area (Å²) in [5, 5.41) is 18.7. The van der Waals surface area contributed by atoms with E-state index in [2.05, 4.69) is 30.9 Å². The molecule has 2 aromatic carbocycles. The largest absolute Gasteiger partial charge is 0.480 e. The summed E-state index contributed by atoms with van der Waals surface area (Å²) in [5.41, 5.74) is 9.44. The molecule has 0 spiro atoms. The number of thioether (sulfide) groups is 1. The van der Waals surface area contributed by atoms with Crippen molar-refractivity contribution >= 4 is 46.4 Å². The van der Waals surface area contributed by atoms with Gasteiger partial charge in [-0.25, -0.2) is 9.78 Å². The molecule has 4 aromatic rings. The molecular formula is C31H37N7O5S. The number of carbonyl (C=O) groups is 4. The van der Waals surface area contributed by atoms with Gasteiger partial charge in [-0.15, -0.1) is 0 Å². The number of rotatable bonds is 16. The lowest BCUT2D eigenvalue weighted by Gasteiger charge is -2.25. The highest BCUT2D eigenvalue weighted by Crippen LogP contribution is 2.19. The van der Waals surface area contributed by atoms with Gasteiger partial charge in [-0.3, -0.25) is 14.4 Å². The summed E-state index contributed by atoms with van der Waals surface area (Å²) < 4.78 is 0. The molecule has 0 aliphatic heterocycles. The molecule has 2 heterocycles. The molecule has 0 saturated carbocycles. The van der Waals surface area contributed by atoms with E-state index >= 15 is 0 Å². The van der Waals surface area contributed by atoms with Gasteiger partial charge in [-0.1, -0.05) is 48.5 Å². The summed E-state index contributed by atoms with van der Waals surface area (Å²) in [6.45, 7) is 0. The number of carboxylic acids is 1. The van der Waals surface area contributed by atoms with Crippen LogP contribution in [0.4, 0.5) is 0 Å². The number of nitrogens with zero attached hydrogens (tertiary/aromatic N) is 1. The van der Waals surface area contributed by atoms with E-state index in [0.717, 1.165) is 22.0 Å². The van der Waals surface area contributed by atoms with Crippen molar-refractivity contribution in [3.05, 3.63) is 90.1 Å². The number of H-pyrrole nitrogens is 2. The van der Waals surface area contributed by atoms with E-state index in [1.54, 1.807) is 12.1 Å². The molecule has 44 heavy (non-hydrogen) atoms. The number of imidazole rings is 1. The lowest BCUT2D eigenvalue weighted by atomic mass is 10.0. The molecule has 232 valence electrons. The molecule has 0 saturated heterocycles. The van der Waals surface area contributed by atoms with Crippen molar-refractivity contribution < 1.29 is 24.3 Å². The van der Waals surface area contributed by atoms with Gasteiger partial charge in [0.15, 0.2) is 0 Å². The third-order valence-electron chi connectivity index (χ3n) is 7.20. The number of hydrogen-bond acceptors (Lipinski definition) is 7. The van der Waals surface area contributed by atoms with E-state index in [4.69, 9.17) is 5.73 Å². The first-order chi connectivity index (χ1) is 21.2. The Hall–Kier alpha value is -4.62. The Balaban J connectivity index is 1.51. The standard InChI is InChI=1S/C31H37N7O5S/c1-44-12-11-25(31(42)43)36-29(40)26(13-19-7-3-2-4-8-19)38-30(41)27(15-21-17-33-18-35-21)37-28(39)23(32)14-20-16-34-24-10-6-5-9-22(20)24/h2-10,16-18,23,25-27,34H,11-15,32H2,1H3,(H,33,35)(H,36,40)(H,37,39)(H,38,41)(H,42,43). The maximum absolute atomic E-state index is 13.7. The summed E-state index contributed by atoms with van der Waals surface area (Å²) in [6, 6.07) is 12.5. The van der Waals surface area contributed by atoms with Crippen LogP contribution in [0.3, 0.4) is 0 Å². The van der Waals surface area contributed by atoms with Gasteiger partial charge in [-0.05, 0) is 42.0 Å². The number of amides is 3. The molecule has 2 aromatic heterocycles. The number of hydrogen-bond donors (Lipinski definition) is 7. The Morgan fingerprint density at radius 1 is 0.864 bits per heavy atom. The molecule has 4 unspecified atom stereocenters. The Kier molecular flexibility index (Phi) is 11.5.